The average Bonchev–Trinajstić information content (AvgIpc) is 2.95. The molecule has 13 nitrogen and oxygen atoms in total. The van der Waals surface area contributed by atoms with Gasteiger partial charge in [-0.2, -0.15) is 0 Å². The number of alkyl carbamates (subject to hydrolysis) is 1. The molecule has 264 valence electrons. The Bertz CT molecular complexity index is 1340. The predicted molar refractivity (Wildman–Crippen MR) is 178 cm³/mol. The third kappa shape index (κ3) is 17.5. The first kappa shape index (κ1) is 41.1. The molecule has 0 saturated carbocycles. The zero-order valence-corrected chi connectivity index (χ0v) is 29.7. The van der Waals surface area contributed by atoms with Crippen LogP contribution in [0, 0.1) is 11.8 Å². The van der Waals surface area contributed by atoms with Gasteiger partial charge < -0.3 is 30.7 Å². The molecule has 14 heteroatoms. The van der Waals surface area contributed by atoms with Crippen molar-refractivity contribution in [3.05, 3.63) is 47.4 Å². The number of hydrogen-bond donors (Lipinski definition) is 4. The quantitative estimate of drug-likeness (QED) is 0.179. The minimum Gasteiger partial charge on any atom is -0.460 e. The summed E-state index contributed by atoms with van der Waals surface area (Å²) in [5, 5.41) is 11.3. The summed E-state index contributed by atoms with van der Waals surface area (Å²) in [6.07, 6.45) is 1.95. The van der Waals surface area contributed by atoms with Crippen LogP contribution in [0.4, 0.5) is 4.79 Å². The van der Waals surface area contributed by atoms with Gasteiger partial charge in [0, 0.05) is 17.7 Å². The molecule has 0 spiro atoms. The van der Waals surface area contributed by atoms with Crippen molar-refractivity contribution in [2.45, 2.75) is 111 Å². The Kier molecular flexibility index (Phi) is 16.6. The number of nitrogens with one attached hydrogen (secondary N) is 4. The third-order valence-electron chi connectivity index (χ3n) is 6.77. The summed E-state index contributed by atoms with van der Waals surface area (Å²) in [5.41, 5.74) is -0.120. The summed E-state index contributed by atoms with van der Waals surface area (Å²) in [6.45, 7) is 13.7. The van der Waals surface area contributed by atoms with Gasteiger partial charge in [-0.1, -0.05) is 70.5 Å². The lowest BCUT2D eigenvalue weighted by Crippen LogP contribution is -2.58. The van der Waals surface area contributed by atoms with E-state index in [1.807, 2.05) is 26.8 Å². The minimum atomic E-state index is -3.44. The number of esters is 1. The smallest absolute Gasteiger partial charge is 0.408 e. The van der Waals surface area contributed by atoms with E-state index in [9.17, 15) is 32.4 Å². The van der Waals surface area contributed by atoms with Crippen molar-refractivity contribution in [2.24, 2.45) is 11.8 Å². The van der Waals surface area contributed by atoms with Crippen molar-refractivity contribution < 1.29 is 41.9 Å². The van der Waals surface area contributed by atoms with Crippen molar-refractivity contribution in [3.63, 3.8) is 0 Å². The Labute approximate surface area is 278 Å². The van der Waals surface area contributed by atoms with Gasteiger partial charge in [0.15, 0.2) is 9.84 Å². The summed E-state index contributed by atoms with van der Waals surface area (Å²) in [7, 11) is -3.44. The molecule has 4 amide bonds. The molecule has 0 aliphatic rings. The van der Waals surface area contributed by atoms with Crippen molar-refractivity contribution in [3.8, 4) is 0 Å². The molecule has 0 heterocycles. The van der Waals surface area contributed by atoms with Gasteiger partial charge in [0.05, 0.1) is 6.42 Å². The maximum absolute atomic E-state index is 13.5. The first-order valence-electron chi connectivity index (χ1n) is 15.7. The SMILES string of the molecule is CC[C@H](C)[C@H](NC(=O)OCc1ccccc1)C(=O)N[C@@H](CC(=O)OC(C)(C)C)C(=O)N[C@@H](C)C(=O)N[C@H](/C=C/S(C)(=O)=O)CC(C)C. The Balaban J connectivity index is 3.13. The molecule has 0 fully saturated rings. The van der Waals surface area contributed by atoms with Crippen molar-refractivity contribution in [1.82, 2.24) is 21.3 Å². The fourth-order valence-electron chi connectivity index (χ4n) is 4.23. The standard InChI is InChI=1S/C33H52N4O9S/c1-10-22(4)28(37-32(42)45-20-24-14-12-11-13-15-24)31(41)36-26(19-27(38)46-33(6,7)8)30(40)34-23(5)29(39)35-25(18-21(2)3)16-17-47(9,43)44/h11-17,21-23,25-26,28H,10,18-20H2,1-9H3,(H,34,40)(H,35,39)(H,36,41)(H,37,42)/b17-16+/t22-,23-,25+,26-,28-/m0/s1. The van der Waals surface area contributed by atoms with Crippen LogP contribution >= 0.6 is 0 Å². The number of hydrogen-bond acceptors (Lipinski definition) is 9. The molecule has 1 rings (SSSR count). The van der Waals surface area contributed by atoms with Gasteiger partial charge in [0.25, 0.3) is 0 Å². The van der Waals surface area contributed by atoms with E-state index in [0.29, 0.717) is 12.8 Å². The second-order valence-corrected chi connectivity index (χ2v) is 15.0. The zero-order valence-electron chi connectivity index (χ0n) is 28.9. The zero-order chi connectivity index (χ0) is 35.9. The molecule has 0 aromatic heterocycles. The van der Waals surface area contributed by atoms with Crippen LogP contribution in [-0.4, -0.2) is 74.2 Å². The van der Waals surface area contributed by atoms with E-state index in [-0.39, 0.29) is 18.4 Å². The van der Waals surface area contributed by atoms with E-state index in [0.717, 1.165) is 17.2 Å². The van der Waals surface area contributed by atoms with Crippen LogP contribution in [0.15, 0.2) is 41.8 Å². The number of benzene rings is 1. The Morgan fingerprint density at radius 3 is 2.02 bits per heavy atom. The molecule has 1 aromatic rings. The lowest BCUT2D eigenvalue weighted by molar-refractivity contribution is -0.156. The van der Waals surface area contributed by atoms with Crippen LogP contribution in [-0.2, 0) is 45.1 Å². The highest BCUT2D eigenvalue weighted by atomic mass is 32.2. The van der Waals surface area contributed by atoms with E-state index in [1.165, 1.54) is 13.0 Å². The first-order chi connectivity index (χ1) is 21.7. The van der Waals surface area contributed by atoms with Crippen LogP contribution in [0.1, 0.15) is 80.2 Å². The lowest BCUT2D eigenvalue weighted by atomic mass is 9.98. The van der Waals surface area contributed by atoms with E-state index in [1.54, 1.807) is 52.0 Å². The molecule has 0 saturated heterocycles. The minimum absolute atomic E-state index is 0.0206. The lowest BCUT2D eigenvalue weighted by Gasteiger charge is -2.27. The van der Waals surface area contributed by atoms with Crippen LogP contribution in [0.2, 0.25) is 0 Å². The number of rotatable bonds is 17. The average molecular weight is 681 g/mol. The Morgan fingerprint density at radius 1 is 0.872 bits per heavy atom. The monoisotopic (exact) mass is 680 g/mol. The molecular weight excluding hydrogens is 628 g/mol. The second-order valence-electron chi connectivity index (χ2n) is 13.1. The number of carbonyl (C=O) groups excluding carboxylic acids is 5. The fourth-order valence-corrected chi connectivity index (χ4v) is 4.71. The van der Waals surface area contributed by atoms with Gasteiger partial charge in [-0.3, -0.25) is 19.2 Å². The van der Waals surface area contributed by atoms with Crippen LogP contribution in [0.3, 0.4) is 0 Å². The molecule has 0 radical (unpaired) electrons. The van der Waals surface area contributed by atoms with Gasteiger partial charge in [0.1, 0.15) is 30.3 Å². The summed E-state index contributed by atoms with van der Waals surface area (Å²) in [6, 6.07) is 4.66. The van der Waals surface area contributed by atoms with Gasteiger partial charge in [-0.25, -0.2) is 13.2 Å². The summed E-state index contributed by atoms with van der Waals surface area (Å²) in [4.78, 5) is 65.4. The maximum Gasteiger partial charge on any atom is 0.408 e. The maximum atomic E-state index is 13.5. The Morgan fingerprint density at radius 2 is 1.49 bits per heavy atom. The summed E-state index contributed by atoms with van der Waals surface area (Å²) >= 11 is 0. The number of carbonyl (C=O) groups is 5. The molecule has 0 aliphatic carbocycles. The Hall–Kier alpha value is -3.94. The second kappa shape index (κ2) is 19.0. The molecule has 4 N–H and O–H groups in total. The van der Waals surface area contributed by atoms with Crippen molar-refractivity contribution >= 4 is 39.6 Å². The van der Waals surface area contributed by atoms with Crippen LogP contribution in [0.5, 0.6) is 0 Å². The van der Waals surface area contributed by atoms with E-state index < -0.39 is 75.8 Å². The topological polar surface area (TPSA) is 186 Å². The number of ether oxygens (including phenoxy) is 2. The van der Waals surface area contributed by atoms with Crippen LogP contribution in [0.25, 0.3) is 0 Å². The molecule has 0 aliphatic heterocycles. The molecule has 5 atom stereocenters. The highest BCUT2D eigenvalue weighted by Gasteiger charge is 2.33. The normalized spacial score (nSPS) is 15.1. The van der Waals surface area contributed by atoms with Gasteiger partial charge in [0.2, 0.25) is 17.7 Å². The number of amides is 4. The molecular formula is C33H52N4O9S. The fraction of sp³-hybridized carbons (Fsp3) is 0.606. The highest BCUT2D eigenvalue weighted by Crippen LogP contribution is 2.13. The summed E-state index contributed by atoms with van der Waals surface area (Å²) < 4.78 is 33.9. The van der Waals surface area contributed by atoms with Crippen LogP contribution < -0.4 is 21.3 Å². The van der Waals surface area contributed by atoms with E-state index in [2.05, 4.69) is 21.3 Å². The van der Waals surface area contributed by atoms with Gasteiger partial charge >= 0.3 is 12.1 Å². The first-order valence-corrected chi connectivity index (χ1v) is 17.6. The summed E-state index contributed by atoms with van der Waals surface area (Å²) in [5.74, 6) is -3.22. The number of sulfone groups is 1. The highest BCUT2D eigenvalue weighted by molar-refractivity contribution is 7.93. The third-order valence-corrected chi connectivity index (χ3v) is 7.42. The van der Waals surface area contributed by atoms with Crippen molar-refractivity contribution in [2.75, 3.05) is 6.26 Å². The molecule has 0 bridgehead atoms. The van der Waals surface area contributed by atoms with Crippen molar-refractivity contribution in [1.29, 1.82) is 0 Å². The van der Waals surface area contributed by atoms with Gasteiger partial charge in [-0.05, 0) is 51.5 Å². The van der Waals surface area contributed by atoms with E-state index in [4.69, 9.17) is 9.47 Å². The van der Waals surface area contributed by atoms with Gasteiger partial charge in [-0.15, -0.1) is 0 Å². The molecule has 0 unspecified atom stereocenters. The van der Waals surface area contributed by atoms with E-state index >= 15 is 0 Å². The molecule has 1 aromatic carbocycles. The predicted octanol–water partition coefficient (Wildman–Crippen LogP) is 3.14. The molecule has 47 heavy (non-hydrogen) atoms. The largest absolute Gasteiger partial charge is 0.460 e.